The van der Waals surface area contributed by atoms with E-state index >= 15 is 0 Å². The SMILES string of the molecule is O=C(O)c1cccc(C(O)C2CCCC2)c1. The first-order chi connectivity index (χ1) is 7.68. The lowest BCUT2D eigenvalue weighted by atomic mass is 9.93. The lowest BCUT2D eigenvalue weighted by Gasteiger charge is -2.18. The number of benzene rings is 1. The van der Waals surface area contributed by atoms with E-state index in [-0.39, 0.29) is 5.56 Å². The van der Waals surface area contributed by atoms with E-state index in [9.17, 15) is 9.90 Å². The predicted molar refractivity (Wildman–Crippen MR) is 60.3 cm³/mol. The van der Waals surface area contributed by atoms with Crippen LogP contribution in [0.4, 0.5) is 0 Å². The molecular weight excluding hydrogens is 204 g/mol. The fourth-order valence-electron chi connectivity index (χ4n) is 2.40. The van der Waals surface area contributed by atoms with E-state index in [4.69, 9.17) is 5.11 Å². The first-order valence-electron chi connectivity index (χ1n) is 5.70. The van der Waals surface area contributed by atoms with Crippen LogP contribution in [0.25, 0.3) is 0 Å². The van der Waals surface area contributed by atoms with Crippen LogP contribution < -0.4 is 0 Å². The van der Waals surface area contributed by atoms with E-state index < -0.39 is 12.1 Å². The van der Waals surface area contributed by atoms with Gasteiger partial charge in [-0.15, -0.1) is 0 Å². The molecule has 0 heterocycles. The number of hydrogen-bond donors (Lipinski definition) is 2. The van der Waals surface area contributed by atoms with Crippen LogP contribution in [0.2, 0.25) is 0 Å². The van der Waals surface area contributed by atoms with Crippen LogP contribution in [0, 0.1) is 5.92 Å². The fourth-order valence-corrected chi connectivity index (χ4v) is 2.40. The molecule has 1 aromatic rings. The maximum atomic E-state index is 10.8. The van der Waals surface area contributed by atoms with E-state index in [0.717, 1.165) is 18.4 Å². The summed E-state index contributed by atoms with van der Waals surface area (Å²) in [5, 5.41) is 19.0. The van der Waals surface area contributed by atoms with Crippen molar-refractivity contribution in [2.75, 3.05) is 0 Å². The van der Waals surface area contributed by atoms with Crippen LogP contribution in [0.5, 0.6) is 0 Å². The highest BCUT2D eigenvalue weighted by Gasteiger charge is 2.24. The van der Waals surface area contributed by atoms with Gasteiger partial charge in [-0.3, -0.25) is 0 Å². The average molecular weight is 220 g/mol. The Labute approximate surface area is 94.7 Å². The monoisotopic (exact) mass is 220 g/mol. The fraction of sp³-hybridized carbons (Fsp3) is 0.462. The largest absolute Gasteiger partial charge is 0.478 e. The third-order valence-corrected chi connectivity index (χ3v) is 3.32. The number of aliphatic hydroxyl groups excluding tert-OH is 1. The van der Waals surface area contributed by atoms with Crippen LogP contribution in [-0.4, -0.2) is 16.2 Å². The van der Waals surface area contributed by atoms with E-state index in [1.807, 2.05) is 0 Å². The normalized spacial score (nSPS) is 18.6. The molecule has 86 valence electrons. The molecule has 2 rings (SSSR count). The van der Waals surface area contributed by atoms with Gasteiger partial charge >= 0.3 is 5.97 Å². The zero-order valence-corrected chi connectivity index (χ0v) is 9.10. The van der Waals surface area contributed by atoms with Crippen LogP contribution >= 0.6 is 0 Å². The van der Waals surface area contributed by atoms with Gasteiger partial charge < -0.3 is 10.2 Å². The standard InChI is InChI=1S/C13H16O3/c14-12(9-4-1-2-5-9)10-6-3-7-11(8-10)13(15)16/h3,6-9,12,14H,1-2,4-5H2,(H,15,16). The van der Waals surface area contributed by atoms with Crippen molar-refractivity contribution in [2.24, 2.45) is 5.92 Å². The number of carboxylic acids is 1. The second-order valence-electron chi connectivity index (χ2n) is 4.42. The van der Waals surface area contributed by atoms with Crippen molar-refractivity contribution in [2.45, 2.75) is 31.8 Å². The average Bonchev–Trinajstić information content (AvgIpc) is 2.81. The third-order valence-electron chi connectivity index (χ3n) is 3.32. The summed E-state index contributed by atoms with van der Waals surface area (Å²) in [5.41, 5.74) is 0.973. The smallest absolute Gasteiger partial charge is 0.335 e. The highest BCUT2D eigenvalue weighted by atomic mass is 16.4. The molecule has 1 saturated carbocycles. The molecule has 3 heteroatoms. The number of carboxylic acid groups (broad SMARTS) is 1. The van der Waals surface area contributed by atoms with Gasteiger partial charge in [0.05, 0.1) is 11.7 Å². The van der Waals surface area contributed by atoms with Crippen LogP contribution in [-0.2, 0) is 0 Å². The van der Waals surface area contributed by atoms with Crippen LogP contribution in [0.3, 0.4) is 0 Å². The zero-order valence-electron chi connectivity index (χ0n) is 9.10. The number of aromatic carboxylic acids is 1. The Balaban J connectivity index is 2.18. The van der Waals surface area contributed by atoms with Crippen molar-refractivity contribution in [3.05, 3.63) is 35.4 Å². The summed E-state index contributed by atoms with van der Waals surface area (Å²) in [6.45, 7) is 0. The topological polar surface area (TPSA) is 57.5 Å². The Morgan fingerprint density at radius 3 is 2.62 bits per heavy atom. The molecule has 0 bridgehead atoms. The van der Waals surface area contributed by atoms with Crippen molar-refractivity contribution >= 4 is 5.97 Å². The molecule has 1 aliphatic carbocycles. The summed E-state index contributed by atoms with van der Waals surface area (Å²) < 4.78 is 0. The number of aliphatic hydroxyl groups is 1. The van der Waals surface area contributed by atoms with Crippen molar-refractivity contribution in [3.63, 3.8) is 0 Å². The Bertz CT molecular complexity index is 381. The minimum absolute atomic E-state index is 0.245. The van der Waals surface area contributed by atoms with Gasteiger partial charge in [0, 0.05) is 0 Å². The van der Waals surface area contributed by atoms with Crippen molar-refractivity contribution in [1.29, 1.82) is 0 Å². The van der Waals surface area contributed by atoms with E-state index in [0.29, 0.717) is 5.92 Å². The van der Waals surface area contributed by atoms with Gasteiger partial charge in [-0.05, 0) is 36.5 Å². The summed E-state index contributed by atoms with van der Waals surface area (Å²) in [7, 11) is 0. The molecule has 1 unspecified atom stereocenters. The molecule has 1 aliphatic rings. The lowest BCUT2D eigenvalue weighted by Crippen LogP contribution is -2.09. The molecule has 3 nitrogen and oxygen atoms in total. The Kier molecular flexibility index (Phi) is 3.25. The summed E-state index contributed by atoms with van der Waals surface area (Å²) in [4.78, 5) is 10.8. The highest BCUT2D eigenvalue weighted by molar-refractivity contribution is 5.87. The molecular formula is C13H16O3. The van der Waals surface area contributed by atoms with E-state index in [1.165, 1.54) is 12.8 Å². The molecule has 0 aliphatic heterocycles. The van der Waals surface area contributed by atoms with Crippen LogP contribution in [0.15, 0.2) is 24.3 Å². The van der Waals surface area contributed by atoms with E-state index in [2.05, 4.69) is 0 Å². The second-order valence-corrected chi connectivity index (χ2v) is 4.42. The van der Waals surface area contributed by atoms with Crippen molar-refractivity contribution in [1.82, 2.24) is 0 Å². The summed E-state index contributed by atoms with van der Waals surface area (Å²) in [5.74, 6) is -0.649. The predicted octanol–water partition coefficient (Wildman–Crippen LogP) is 2.61. The first kappa shape index (κ1) is 11.1. The van der Waals surface area contributed by atoms with Gasteiger partial charge in [0.2, 0.25) is 0 Å². The molecule has 0 saturated heterocycles. The summed E-state index contributed by atoms with van der Waals surface area (Å²) in [6, 6.07) is 6.62. The van der Waals surface area contributed by atoms with Crippen molar-refractivity contribution in [3.8, 4) is 0 Å². The van der Waals surface area contributed by atoms with E-state index in [1.54, 1.807) is 24.3 Å². The minimum Gasteiger partial charge on any atom is -0.478 e. The minimum atomic E-state index is -0.944. The molecule has 1 fully saturated rings. The molecule has 1 aromatic carbocycles. The van der Waals surface area contributed by atoms with Gasteiger partial charge in [0.1, 0.15) is 0 Å². The molecule has 2 N–H and O–H groups in total. The van der Waals surface area contributed by atoms with Gasteiger partial charge in [-0.25, -0.2) is 4.79 Å². The summed E-state index contributed by atoms with van der Waals surface area (Å²) >= 11 is 0. The maximum absolute atomic E-state index is 10.8. The number of rotatable bonds is 3. The molecule has 0 radical (unpaired) electrons. The maximum Gasteiger partial charge on any atom is 0.335 e. The Morgan fingerprint density at radius 1 is 1.31 bits per heavy atom. The quantitative estimate of drug-likeness (QED) is 0.823. The highest BCUT2D eigenvalue weighted by Crippen LogP contribution is 2.35. The third kappa shape index (κ3) is 2.25. The molecule has 1 atom stereocenters. The van der Waals surface area contributed by atoms with Gasteiger partial charge in [0.25, 0.3) is 0 Å². The Hall–Kier alpha value is -1.35. The second kappa shape index (κ2) is 4.66. The zero-order chi connectivity index (χ0) is 11.5. The molecule has 0 amide bonds. The molecule has 0 spiro atoms. The molecule has 0 aromatic heterocycles. The lowest BCUT2D eigenvalue weighted by molar-refractivity contribution is 0.0696. The van der Waals surface area contributed by atoms with Crippen LogP contribution in [0.1, 0.15) is 47.7 Å². The Morgan fingerprint density at radius 2 is 2.00 bits per heavy atom. The van der Waals surface area contributed by atoms with Gasteiger partial charge in [-0.1, -0.05) is 25.0 Å². The number of carbonyl (C=O) groups is 1. The van der Waals surface area contributed by atoms with Crippen molar-refractivity contribution < 1.29 is 15.0 Å². The number of hydrogen-bond acceptors (Lipinski definition) is 2. The molecule has 16 heavy (non-hydrogen) atoms. The van der Waals surface area contributed by atoms with Gasteiger partial charge in [-0.2, -0.15) is 0 Å². The first-order valence-corrected chi connectivity index (χ1v) is 5.70. The van der Waals surface area contributed by atoms with Gasteiger partial charge in [0.15, 0.2) is 0 Å². The summed E-state index contributed by atoms with van der Waals surface area (Å²) in [6.07, 6.45) is 3.90.